The molecule has 0 saturated heterocycles. The first kappa shape index (κ1) is 16.0. The van der Waals surface area contributed by atoms with Crippen LogP contribution in [-0.4, -0.2) is 10.4 Å². The molecule has 0 aliphatic carbocycles. The summed E-state index contributed by atoms with van der Waals surface area (Å²) in [5.41, 5.74) is 3.70. The number of hydrogen-bond acceptors (Lipinski definition) is 3. The molecule has 3 nitrogen and oxygen atoms in total. The van der Waals surface area contributed by atoms with Crippen molar-refractivity contribution in [3.05, 3.63) is 28.8 Å². The van der Waals surface area contributed by atoms with E-state index >= 15 is 0 Å². The van der Waals surface area contributed by atoms with Crippen molar-refractivity contribution in [2.75, 3.05) is 5.23 Å². The molecule has 3 heteroatoms. The Hall–Kier alpha value is -1.06. The predicted octanol–water partition coefficient (Wildman–Crippen LogP) is 4.43. The largest absolute Gasteiger partial charge is 0.264 e. The second-order valence-electron chi connectivity index (χ2n) is 7.16. The Labute approximate surface area is 116 Å². The topological polar surface area (TPSA) is 43.7 Å². The van der Waals surface area contributed by atoms with Crippen LogP contribution in [0.5, 0.6) is 0 Å². The number of benzene rings is 1. The Balaban J connectivity index is 3.65. The first-order valence-corrected chi connectivity index (χ1v) is 6.84. The van der Waals surface area contributed by atoms with Gasteiger partial charge in [0.05, 0.1) is 5.69 Å². The van der Waals surface area contributed by atoms with Gasteiger partial charge in [0, 0.05) is 0 Å². The molecule has 0 aliphatic heterocycles. The standard InChI is InChI=1S/C16H27NO2/c1-8-12-13(16(5,6)7)9-11(15(2,3)4)10-14(12)17(18)19/h9-10,18-19H,8H2,1-7H3. The van der Waals surface area contributed by atoms with Gasteiger partial charge in [0.1, 0.15) is 0 Å². The highest BCUT2D eigenvalue weighted by Gasteiger charge is 2.25. The van der Waals surface area contributed by atoms with E-state index in [9.17, 15) is 10.4 Å². The fraction of sp³-hybridized carbons (Fsp3) is 0.625. The van der Waals surface area contributed by atoms with Gasteiger partial charge < -0.3 is 0 Å². The van der Waals surface area contributed by atoms with E-state index in [1.807, 2.05) is 13.0 Å². The van der Waals surface area contributed by atoms with Crippen molar-refractivity contribution in [1.29, 1.82) is 0 Å². The third kappa shape index (κ3) is 3.48. The van der Waals surface area contributed by atoms with Crippen LogP contribution < -0.4 is 5.23 Å². The van der Waals surface area contributed by atoms with Gasteiger partial charge in [-0.2, -0.15) is 0 Å². The highest BCUT2D eigenvalue weighted by atomic mass is 16.8. The Morgan fingerprint density at radius 3 is 1.79 bits per heavy atom. The van der Waals surface area contributed by atoms with Gasteiger partial charge in [-0.15, -0.1) is 5.23 Å². The molecule has 0 unspecified atom stereocenters. The Morgan fingerprint density at radius 2 is 1.47 bits per heavy atom. The lowest BCUT2D eigenvalue weighted by molar-refractivity contribution is 0.0285. The van der Waals surface area contributed by atoms with E-state index in [1.165, 1.54) is 5.56 Å². The van der Waals surface area contributed by atoms with Crippen LogP contribution in [0.3, 0.4) is 0 Å². The van der Waals surface area contributed by atoms with Crippen LogP contribution in [0.2, 0.25) is 0 Å². The summed E-state index contributed by atoms with van der Waals surface area (Å²) in [6.45, 7) is 14.9. The molecule has 0 aliphatic rings. The van der Waals surface area contributed by atoms with E-state index < -0.39 is 0 Å². The van der Waals surface area contributed by atoms with Gasteiger partial charge in [-0.25, -0.2) is 0 Å². The van der Waals surface area contributed by atoms with E-state index in [4.69, 9.17) is 0 Å². The molecule has 2 N–H and O–H groups in total. The van der Waals surface area contributed by atoms with Gasteiger partial charge >= 0.3 is 0 Å². The second-order valence-corrected chi connectivity index (χ2v) is 7.16. The molecule has 0 fully saturated rings. The minimum absolute atomic E-state index is 0.0304. The SMILES string of the molecule is CCc1c(N(O)O)cc(C(C)(C)C)cc1C(C)(C)C. The monoisotopic (exact) mass is 265 g/mol. The van der Waals surface area contributed by atoms with Crippen molar-refractivity contribution in [3.8, 4) is 0 Å². The van der Waals surface area contributed by atoms with Crippen molar-refractivity contribution in [3.63, 3.8) is 0 Å². The summed E-state index contributed by atoms with van der Waals surface area (Å²) >= 11 is 0. The maximum absolute atomic E-state index is 9.50. The third-order valence-corrected chi connectivity index (χ3v) is 3.47. The van der Waals surface area contributed by atoms with Crippen molar-refractivity contribution in [1.82, 2.24) is 0 Å². The summed E-state index contributed by atoms with van der Waals surface area (Å²) in [5.74, 6) is 0. The van der Waals surface area contributed by atoms with E-state index in [2.05, 4.69) is 47.6 Å². The Bertz CT molecular complexity index is 451. The molecule has 0 saturated carbocycles. The molecule has 1 rings (SSSR count). The van der Waals surface area contributed by atoms with Crippen LogP contribution in [-0.2, 0) is 17.3 Å². The van der Waals surface area contributed by atoms with Crippen LogP contribution in [0, 0.1) is 0 Å². The summed E-state index contributed by atoms with van der Waals surface area (Å²) in [6, 6.07) is 4.07. The molecule has 0 aromatic heterocycles. The highest BCUT2D eigenvalue weighted by Crippen LogP contribution is 2.37. The second kappa shape index (κ2) is 5.14. The van der Waals surface area contributed by atoms with Crippen molar-refractivity contribution < 1.29 is 10.4 Å². The first-order chi connectivity index (χ1) is 8.48. The summed E-state index contributed by atoms with van der Waals surface area (Å²) < 4.78 is 0. The van der Waals surface area contributed by atoms with Crippen LogP contribution in [0.1, 0.15) is 65.2 Å². The van der Waals surface area contributed by atoms with Gasteiger partial charge in [0.2, 0.25) is 0 Å². The molecular weight excluding hydrogens is 238 g/mol. The number of anilines is 1. The number of hydrogen-bond donors (Lipinski definition) is 2. The van der Waals surface area contributed by atoms with Crippen molar-refractivity contribution in [2.45, 2.75) is 65.7 Å². The van der Waals surface area contributed by atoms with Gasteiger partial charge in [0.15, 0.2) is 0 Å². The molecule has 0 amide bonds. The molecule has 1 aromatic carbocycles. The minimum Gasteiger partial charge on any atom is -0.264 e. The van der Waals surface area contributed by atoms with Gasteiger partial charge in [-0.1, -0.05) is 54.5 Å². The van der Waals surface area contributed by atoms with E-state index in [1.54, 1.807) is 0 Å². The molecule has 0 heterocycles. The molecule has 19 heavy (non-hydrogen) atoms. The molecule has 0 atom stereocenters. The minimum atomic E-state index is -0.0307. The highest BCUT2D eigenvalue weighted by molar-refractivity contribution is 5.58. The van der Waals surface area contributed by atoms with Crippen LogP contribution >= 0.6 is 0 Å². The lowest BCUT2D eigenvalue weighted by Crippen LogP contribution is -2.22. The van der Waals surface area contributed by atoms with E-state index in [0.29, 0.717) is 5.69 Å². The van der Waals surface area contributed by atoms with Crippen molar-refractivity contribution in [2.24, 2.45) is 0 Å². The zero-order chi connectivity index (χ0) is 15.0. The summed E-state index contributed by atoms with van der Waals surface area (Å²) in [6.07, 6.45) is 0.768. The summed E-state index contributed by atoms with van der Waals surface area (Å²) in [4.78, 5) is 0. The van der Waals surface area contributed by atoms with Crippen LogP contribution in [0.25, 0.3) is 0 Å². The third-order valence-electron chi connectivity index (χ3n) is 3.47. The molecule has 0 radical (unpaired) electrons. The lowest BCUT2D eigenvalue weighted by Gasteiger charge is -2.30. The summed E-state index contributed by atoms with van der Waals surface area (Å²) in [7, 11) is 0. The molecule has 1 aromatic rings. The average molecular weight is 265 g/mol. The van der Waals surface area contributed by atoms with E-state index in [-0.39, 0.29) is 16.1 Å². The zero-order valence-corrected chi connectivity index (χ0v) is 13.2. The molecule has 108 valence electrons. The quantitative estimate of drug-likeness (QED) is 0.777. The molecule has 0 spiro atoms. The fourth-order valence-corrected chi connectivity index (χ4v) is 2.31. The average Bonchev–Trinajstić information content (AvgIpc) is 2.24. The van der Waals surface area contributed by atoms with Crippen LogP contribution in [0.4, 0.5) is 5.69 Å². The lowest BCUT2D eigenvalue weighted by atomic mass is 9.77. The maximum Gasteiger partial charge on any atom is 0.0980 e. The normalized spacial score (nSPS) is 12.7. The predicted molar refractivity (Wildman–Crippen MR) is 79.3 cm³/mol. The molecule has 0 bridgehead atoms. The Morgan fingerprint density at radius 1 is 0.947 bits per heavy atom. The van der Waals surface area contributed by atoms with Gasteiger partial charge in [-0.05, 0) is 40.0 Å². The smallest absolute Gasteiger partial charge is 0.0980 e. The van der Waals surface area contributed by atoms with Crippen molar-refractivity contribution >= 4 is 5.69 Å². The number of rotatable bonds is 2. The van der Waals surface area contributed by atoms with Gasteiger partial charge in [0.25, 0.3) is 0 Å². The Kier molecular flexibility index (Phi) is 4.33. The number of nitrogens with zero attached hydrogens (tertiary/aromatic N) is 1. The van der Waals surface area contributed by atoms with Gasteiger partial charge in [-0.3, -0.25) is 10.4 Å². The fourth-order valence-electron chi connectivity index (χ4n) is 2.31. The summed E-state index contributed by atoms with van der Waals surface area (Å²) in [5, 5.41) is 19.3. The van der Waals surface area contributed by atoms with Crippen LogP contribution in [0.15, 0.2) is 12.1 Å². The maximum atomic E-state index is 9.50. The van der Waals surface area contributed by atoms with E-state index in [0.717, 1.165) is 17.5 Å². The first-order valence-electron chi connectivity index (χ1n) is 6.84. The molecular formula is C16H27NO2. The zero-order valence-electron chi connectivity index (χ0n) is 13.2.